The van der Waals surface area contributed by atoms with E-state index in [9.17, 15) is 4.79 Å². The number of carbonyl (C=O) groups excluding carboxylic acids is 1. The maximum Gasteiger partial charge on any atom is 0.251 e. The zero-order valence-electron chi connectivity index (χ0n) is 10.6. The molecule has 0 radical (unpaired) electrons. The summed E-state index contributed by atoms with van der Waals surface area (Å²) in [6.07, 6.45) is 2.30. The average molecular weight is 261 g/mol. The second kappa shape index (κ2) is 6.60. The van der Waals surface area contributed by atoms with E-state index in [0.29, 0.717) is 18.7 Å². The summed E-state index contributed by atoms with van der Waals surface area (Å²) < 4.78 is 6.44. The summed E-state index contributed by atoms with van der Waals surface area (Å²) in [5.41, 5.74) is 1.41. The van der Waals surface area contributed by atoms with Gasteiger partial charge in [-0.15, -0.1) is 5.10 Å². The van der Waals surface area contributed by atoms with E-state index in [1.807, 2.05) is 0 Å². The molecule has 0 saturated heterocycles. The summed E-state index contributed by atoms with van der Waals surface area (Å²) in [4.78, 5) is 11.8. The monoisotopic (exact) mass is 261 g/mol. The Morgan fingerprint density at radius 3 is 2.79 bits per heavy atom. The van der Waals surface area contributed by atoms with Crippen LogP contribution in [0.25, 0.3) is 5.69 Å². The number of rotatable bonds is 6. The third kappa shape index (κ3) is 3.59. The Labute approximate surface area is 110 Å². The molecule has 19 heavy (non-hydrogen) atoms. The first-order valence-electron chi connectivity index (χ1n) is 5.92. The predicted octanol–water partition coefficient (Wildman–Crippen LogP) is 0.429. The maximum atomic E-state index is 11.8. The number of hydrogen-bond acceptors (Lipinski definition) is 5. The number of methoxy groups -OCH3 is 1. The van der Waals surface area contributed by atoms with E-state index in [-0.39, 0.29) is 5.91 Å². The van der Waals surface area contributed by atoms with Gasteiger partial charge >= 0.3 is 0 Å². The first-order valence-corrected chi connectivity index (χ1v) is 5.92. The van der Waals surface area contributed by atoms with Crippen LogP contribution >= 0.6 is 0 Å². The molecule has 1 aromatic heterocycles. The Kier molecular flexibility index (Phi) is 4.57. The molecule has 2 rings (SSSR count). The number of aromatic nitrogens is 4. The topological polar surface area (TPSA) is 81.9 Å². The van der Waals surface area contributed by atoms with Crippen molar-refractivity contribution < 1.29 is 9.53 Å². The van der Waals surface area contributed by atoms with Gasteiger partial charge in [-0.25, -0.2) is 4.68 Å². The van der Waals surface area contributed by atoms with Crippen LogP contribution in [0.15, 0.2) is 30.6 Å². The molecule has 1 heterocycles. The first kappa shape index (κ1) is 13.2. The smallest absolute Gasteiger partial charge is 0.251 e. The maximum absolute atomic E-state index is 11.8. The van der Waals surface area contributed by atoms with Crippen molar-refractivity contribution in [1.82, 2.24) is 25.5 Å². The normalized spacial score (nSPS) is 10.4. The number of benzene rings is 1. The molecule has 0 atom stereocenters. The van der Waals surface area contributed by atoms with E-state index in [1.165, 1.54) is 11.0 Å². The molecular weight excluding hydrogens is 246 g/mol. The molecule has 0 saturated carbocycles. The fourth-order valence-corrected chi connectivity index (χ4v) is 1.57. The van der Waals surface area contributed by atoms with Crippen molar-refractivity contribution in [3.8, 4) is 5.69 Å². The van der Waals surface area contributed by atoms with E-state index >= 15 is 0 Å². The van der Waals surface area contributed by atoms with Gasteiger partial charge in [-0.2, -0.15) is 0 Å². The van der Waals surface area contributed by atoms with Crippen LogP contribution < -0.4 is 5.32 Å². The first-order chi connectivity index (χ1) is 9.31. The summed E-state index contributed by atoms with van der Waals surface area (Å²) in [5.74, 6) is -0.0978. The Balaban J connectivity index is 1.93. The van der Waals surface area contributed by atoms with Crippen LogP contribution in [0.4, 0.5) is 0 Å². The molecule has 0 aliphatic heterocycles. The average Bonchev–Trinajstić information content (AvgIpc) is 2.98. The molecule has 7 heteroatoms. The van der Waals surface area contributed by atoms with Crippen LogP contribution in [0.5, 0.6) is 0 Å². The zero-order valence-corrected chi connectivity index (χ0v) is 10.6. The standard InChI is InChI=1S/C12H15N5O2/c1-19-8-2-7-13-12(18)10-3-5-11(6-4-10)17-9-14-15-16-17/h3-6,9H,2,7-8H2,1H3,(H,13,18). The Bertz CT molecular complexity index is 509. The van der Waals surface area contributed by atoms with Crippen LogP contribution in [-0.2, 0) is 4.74 Å². The summed E-state index contributed by atoms with van der Waals surface area (Å²) in [5, 5.41) is 13.7. The molecule has 100 valence electrons. The summed E-state index contributed by atoms with van der Waals surface area (Å²) in [7, 11) is 1.64. The van der Waals surface area contributed by atoms with Crippen LogP contribution in [0.3, 0.4) is 0 Å². The third-order valence-electron chi connectivity index (χ3n) is 2.55. The Hall–Kier alpha value is -2.28. The molecule has 7 nitrogen and oxygen atoms in total. The lowest BCUT2D eigenvalue weighted by Crippen LogP contribution is -2.25. The highest BCUT2D eigenvalue weighted by molar-refractivity contribution is 5.94. The van der Waals surface area contributed by atoms with Gasteiger partial charge in [0.05, 0.1) is 5.69 Å². The number of nitrogens with one attached hydrogen (secondary N) is 1. The minimum Gasteiger partial charge on any atom is -0.385 e. The van der Waals surface area contributed by atoms with Gasteiger partial charge in [0, 0.05) is 25.8 Å². The number of carbonyl (C=O) groups is 1. The molecular formula is C12H15N5O2. The van der Waals surface area contributed by atoms with Crippen molar-refractivity contribution in [1.29, 1.82) is 0 Å². The molecule has 2 aromatic rings. The van der Waals surface area contributed by atoms with Crippen molar-refractivity contribution in [2.75, 3.05) is 20.3 Å². The van der Waals surface area contributed by atoms with Crippen LogP contribution in [-0.4, -0.2) is 46.4 Å². The molecule has 0 spiro atoms. The fourth-order valence-electron chi connectivity index (χ4n) is 1.57. The highest BCUT2D eigenvalue weighted by Gasteiger charge is 2.05. The van der Waals surface area contributed by atoms with Crippen LogP contribution in [0.2, 0.25) is 0 Å². The lowest BCUT2D eigenvalue weighted by atomic mass is 10.2. The van der Waals surface area contributed by atoms with Gasteiger partial charge in [0.25, 0.3) is 5.91 Å². The van der Waals surface area contributed by atoms with Gasteiger partial charge in [0.15, 0.2) is 0 Å². The minimum absolute atomic E-state index is 0.0978. The largest absolute Gasteiger partial charge is 0.385 e. The third-order valence-corrected chi connectivity index (χ3v) is 2.55. The summed E-state index contributed by atoms with van der Waals surface area (Å²) in [6, 6.07) is 7.06. The van der Waals surface area contributed by atoms with Gasteiger partial charge in [-0.3, -0.25) is 4.79 Å². The van der Waals surface area contributed by atoms with Crippen molar-refractivity contribution in [2.24, 2.45) is 0 Å². The van der Waals surface area contributed by atoms with Gasteiger partial charge in [-0.1, -0.05) is 0 Å². The second-order valence-corrected chi connectivity index (χ2v) is 3.90. The Morgan fingerprint density at radius 2 is 2.16 bits per heavy atom. The highest BCUT2D eigenvalue weighted by Crippen LogP contribution is 2.07. The highest BCUT2D eigenvalue weighted by atomic mass is 16.5. The van der Waals surface area contributed by atoms with E-state index in [1.54, 1.807) is 31.4 Å². The fraction of sp³-hybridized carbons (Fsp3) is 0.333. The molecule has 1 aromatic carbocycles. The summed E-state index contributed by atoms with van der Waals surface area (Å²) in [6.45, 7) is 1.24. The molecule has 1 N–H and O–H groups in total. The van der Waals surface area contributed by atoms with E-state index in [4.69, 9.17) is 4.74 Å². The molecule has 1 amide bonds. The van der Waals surface area contributed by atoms with Gasteiger partial charge < -0.3 is 10.1 Å². The number of amides is 1. The van der Waals surface area contributed by atoms with Crippen LogP contribution in [0, 0.1) is 0 Å². The van der Waals surface area contributed by atoms with Crippen LogP contribution in [0.1, 0.15) is 16.8 Å². The number of ether oxygens (including phenoxy) is 1. The van der Waals surface area contributed by atoms with E-state index < -0.39 is 0 Å². The van der Waals surface area contributed by atoms with Crippen molar-refractivity contribution in [2.45, 2.75) is 6.42 Å². The number of nitrogens with zero attached hydrogens (tertiary/aromatic N) is 4. The Morgan fingerprint density at radius 1 is 1.37 bits per heavy atom. The quantitative estimate of drug-likeness (QED) is 0.762. The molecule has 0 aliphatic rings. The predicted molar refractivity (Wildman–Crippen MR) is 68.0 cm³/mol. The molecule has 0 fully saturated rings. The lowest BCUT2D eigenvalue weighted by Gasteiger charge is -2.05. The van der Waals surface area contributed by atoms with E-state index in [0.717, 1.165) is 12.1 Å². The lowest BCUT2D eigenvalue weighted by molar-refractivity contribution is 0.0948. The van der Waals surface area contributed by atoms with E-state index in [2.05, 4.69) is 20.8 Å². The van der Waals surface area contributed by atoms with Gasteiger partial charge in [-0.05, 0) is 41.1 Å². The van der Waals surface area contributed by atoms with Crippen molar-refractivity contribution in [3.05, 3.63) is 36.2 Å². The minimum atomic E-state index is -0.0978. The molecule has 0 aliphatic carbocycles. The molecule has 0 bridgehead atoms. The van der Waals surface area contributed by atoms with Crippen molar-refractivity contribution in [3.63, 3.8) is 0 Å². The second-order valence-electron chi connectivity index (χ2n) is 3.90. The SMILES string of the molecule is COCCCNC(=O)c1ccc(-n2cnnn2)cc1. The molecule has 0 unspecified atom stereocenters. The number of hydrogen-bond donors (Lipinski definition) is 1. The number of tetrazole rings is 1. The zero-order chi connectivity index (χ0) is 13.5. The van der Waals surface area contributed by atoms with Crippen molar-refractivity contribution >= 4 is 5.91 Å². The van der Waals surface area contributed by atoms with Gasteiger partial charge in [0.2, 0.25) is 0 Å². The summed E-state index contributed by atoms with van der Waals surface area (Å²) >= 11 is 0. The van der Waals surface area contributed by atoms with Gasteiger partial charge in [0.1, 0.15) is 6.33 Å².